The number of hydrogen-bond donors (Lipinski definition) is 2. The van der Waals surface area contributed by atoms with E-state index in [2.05, 4.69) is 9.71 Å². The molecule has 108 valence electrons. The number of rotatable bonds is 8. The van der Waals surface area contributed by atoms with Crippen molar-refractivity contribution in [3.05, 3.63) is 28.7 Å². The highest BCUT2D eigenvalue weighted by Crippen LogP contribution is 1.98. The van der Waals surface area contributed by atoms with Gasteiger partial charge >= 0.3 is 0 Å². The predicted molar refractivity (Wildman–Crippen MR) is 71.6 cm³/mol. The fourth-order valence-electron chi connectivity index (χ4n) is 1.29. The minimum atomic E-state index is -3.78. The lowest BCUT2D eigenvalue weighted by atomic mass is 10.5. The first-order valence-corrected chi connectivity index (χ1v) is 7.31. The van der Waals surface area contributed by atoms with Crippen molar-refractivity contribution < 1.29 is 13.2 Å². The summed E-state index contributed by atoms with van der Waals surface area (Å²) in [6.45, 7) is 1.69. The summed E-state index contributed by atoms with van der Waals surface area (Å²) in [5, 5.41) is 0. The van der Waals surface area contributed by atoms with Crippen LogP contribution in [-0.4, -0.2) is 58.7 Å². The van der Waals surface area contributed by atoms with Crippen molar-refractivity contribution in [3.8, 4) is 0 Å². The van der Waals surface area contributed by atoms with Crippen molar-refractivity contribution in [3.63, 3.8) is 0 Å². The monoisotopic (exact) mass is 289 g/mol. The lowest BCUT2D eigenvalue weighted by Crippen LogP contribution is -2.31. The molecule has 0 aliphatic heterocycles. The van der Waals surface area contributed by atoms with E-state index in [4.69, 9.17) is 4.74 Å². The standard InChI is InChI=1S/C11H19N3O4S/c1-14(2)6-8-18-7-5-13-19(16,17)11-9-12-4-3-10(11)15/h3-4,9,13H,5-8H2,1-2H3,(H,12,15). The number of H-pyrrole nitrogens is 1. The molecule has 7 nitrogen and oxygen atoms in total. The van der Waals surface area contributed by atoms with Gasteiger partial charge in [0.15, 0.2) is 0 Å². The summed E-state index contributed by atoms with van der Waals surface area (Å²) in [5.74, 6) is 0. The Labute approximate surface area is 112 Å². The quantitative estimate of drug-likeness (QED) is 0.613. The van der Waals surface area contributed by atoms with Gasteiger partial charge in [-0.2, -0.15) is 0 Å². The molecule has 0 aromatic carbocycles. The van der Waals surface area contributed by atoms with E-state index in [-0.39, 0.29) is 18.0 Å². The van der Waals surface area contributed by atoms with E-state index in [0.29, 0.717) is 6.61 Å². The van der Waals surface area contributed by atoms with Gasteiger partial charge in [0.2, 0.25) is 15.5 Å². The van der Waals surface area contributed by atoms with E-state index in [1.165, 1.54) is 12.3 Å². The van der Waals surface area contributed by atoms with Crippen LogP contribution in [0.5, 0.6) is 0 Å². The van der Waals surface area contributed by atoms with E-state index in [1.807, 2.05) is 19.0 Å². The number of aromatic nitrogens is 1. The molecule has 1 heterocycles. The molecule has 0 bridgehead atoms. The lowest BCUT2D eigenvalue weighted by molar-refractivity contribution is 0.122. The van der Waals surface area contributed by atoms with Gasteiger partial charge in [-0.05, 0) is 14.1 Å². The van der Waals surface area contributed by atoms with Gasteiger partial charge in [0.1, 0.15) is 4.90 Å². The predicted octanol–water partition coefficient (Wildman–Crippen LogP) is -0.769. The van der Waals surface area contributed by atoms with Crippen LogP contribution in [0.25, 0.3) is 0 Å². The molecule has 0 unspecified atom stereocenters. The van der Waals surface area contributed by atoms with Crippen molar-refractivity contribution in [2.45, 2.75) is 4.90 Å². The fourth-order valence-corrected chi connectivity index (χ4v) is 2.35. The average Bonchev–Trinajstić information content (AvgIpc) is 2.33. The zero-order valence-corrected chi connectivity index (χ0v) is 11.9. The molecule has 0 saturated carbocycles. The maximum absolute atomic E-state index is 11.8. The summed E-state index contributed by atoms with van der Waals surface area (Å²) >= 11 is 0. The first kappa shape index (κ1) is 15.8. The topological polar surface area (TPSA) is 91.5 Å². The Hall–Kier alpha value is -1.22. The zero-order valence-electron chi connectivity index (χ0n) is 11.0. The summed E-state index contributed by atoms with van der Waals surface area (Å²) in [7, 11) is 0.0701. The van der Waals surface area contributed by atoms with Crippen LogP contribution in [0.15, 0.2) is 28.2 Å². The second kappa shape index (κ2) is 7.39. The molecule has 19 heavy (non-hydrogen) atoms. The Balaban J connectivity index is 2.41. The Morgan fingerprint density at radius 1 is 1.37 bits per heavy atom. The van der Waals surface area contributed by atoms with E-state index in [0.717, 1.165) is 12.7 Å². The SMILES string of the molecule is CN(C)CCOCCNS(=O)(=O)c1c[nH]ccc1=O. The lowest BCUT2D eigenvalue weighted by Gasteiger charge is -2.10. The van der Waals surface area contributed by atoms with E-state index >= 15 is 0 Å². The number of nitrogens with zero attached hydrogens (tertiary/aromatic N) is 1. The third-order valence-electron chi connectivity index (χ3n) is 2.30. The first-order chi connectivity index (χ1) is 8.93. The molecule has 0 fully saturated rings. The van der Waals surface area contributed by atoms with Crippen LogP contribution in [0.3, 0.4) is 0 Å². The van der Waals surface area contributed by atoms with Crippen molar-refractivity contribution in [2.24, 2.45) is 0 Å². The van der Waals surface area contributed by atoms with Gasteiger partial charge in [0.05, 0.1) is 13.2 Å². The molecule has 2 N–H and O–H groups in total. The minimum absolute atomic E-state index is 0.129. The van der Waals surface area contributed by atoms with Crippen LogP contribution < -0.4 is 10.2 Å². The van der Waals surface area contributed by atoms with Crippen LogP contribution >= 0.6 is 0 Å². The highest BCUT2D eigenvalue weighted by molar-refractivity contribution is 7.89. The Morgan fingerprint density at radius 2 is 2.11 bits per heavy atom. The van der Waals surface area contributed by atoms with E-state index < -0.39 is 15.5 Å². The molecule has 8 heteroatoms. The zero-order chi connectivity index (χ0) is 14.3. The first-order valence-electron chi connectivity index (χ1n) is 5.83. The molecule has 0 amide bonds. The van der Waals surface area contributed by atoms with Gasteiger partial charge in [-0.3, -0.25) is 4.79 Å². The molecule has 1 aromatic heterocycles. The number of nitrogens with one attached hydrogen (secondary N) is 2. The third-order valence-corrected chi connectivity index (χ3v) is 3.78. The Bertz CT molecular complexity index is 539. The summed E-state index contributed by atoms with van der Waals surface area (Å²) in [5.41, 5.74) is -0.542. The number of hydrogen-bond acceptors (Lipinski definition) is 5. The van der Waals surface area contributed by atoms with Crippen LogP contribution in [0, 0.1) is 0 Å². The van der Waals surface area contributed by atoms with Gasteiger partial charge in [0.25, 0.3) is 0 Å². The molecule has 1 aromatic rings. The Morgan fingerprint density at radius 3 is 2.74 bits per heavy atom. The maximum atomic E-state index is 11.8. The molecule has 0 aliphatic rings. The second-order valence-corrected chi connectivity index (χ2v) is 5.92. The molecule has 0 spiro atoms. The molecule has 0 radical (unpaired) electrons. The number of ether oxygens (including phenoxy) is 1. The van der Waals surface area contributed by atoms with Gasteiger partial charge in [-0.25, -0.2) is 13.1 Å². The summed E-state index contributed by atoms with van der Waals surface area (Å²) in [6.07, 6.45) is 2.54. The number of sulfonamides is 1. The summed E-state index contributed by atoms with van der Waals surface area (Å²) in [4.78, 5) is 15.7. The average molecular weight is 289 g/mol. The summed E-state index contributed by atoms with van der Waals surface area (Å²) in [6, 6.07) is 1.17. The van der Waals surface area contributed by atoms with Crippen LogP contribution in [0.4, 0.5) is 0 Å². The van der Waals surface area contributed by atoms with E-state index in [9.17, 15) is 13.2 Å². The highest BCUT2D eigenvalue weighted by Gasteiger charge is 2.16. The molecular weight excluding hydrogens is 270 g/mol. The van der Waals surface area contributed by atoms with Gasteiger partial charge in [0, 0.05) is 31.5 Å². The van der Waals surface area contributed by atoms with Gasteiger partial charge in [-0.1, -0.05) is 0 Å². The molecule has 0 aliphatic carbocycles. The van der Waals surface area contributed by atoms with E-state index in [1.54, 1.807) is 0 Å². The molecule has 1 rings (SSSR count). The fraction of sp³-hybridized carbons (Fsp3) is 0.545. The second-order valence-electron chi connectivity index (χ2n) is 4.19. The van der Waals surface area contributed by atoms with Crippen molar-refractivity contribution in [1.29, 1.82) is 0 Å². The molecule has 0 saturated heterocycles. The number of likely N-dealkylation sites (N-methyl/N-ethyl adjacent to an activating group) is 1. The van der Waals surface area contributed by atoms with Crippen molar-refractivity contribution in [2.75, 3.05) is 40.4 Å². The highest BCUT2D eigenvalue weighted by atomic mass is 32.2. The van der Waals surface area contributed by atoms with Crippen LogP contribution in [0.2, 0.25) is 0 Å². The van der Waals surface area contributed by atoms with Gasteiger partial charge in [-0.15, -0.1) is 0 Å². The van der Waals surface area contributed by atoms with Gasteiger partial charge < -0.3 is 14.6 Å². The minimum Gasteiger partial charge on any atom is -0.379 e. The number of aromatic amines is 1. The van der Waals surface area contributed by atoms with Crippen molar-refractivity contribution in [1.82, 2.24) is 14.6 Å². The smallest absolute Gasteiger partial charge is 0.245 e. The van der Waals surface area contributed by atoms with Crippen molar-refractivity contribution >= 4 is 10.0 Å². The largest absolute Gasteiger partial charge is 0.379 e. The molecule has 0 atom stereocenters. The van der Waals surface area contributed by atoms with Crippen LogP contribution in [0.1, 0.15) is 0 Å². The normalized spacial score (nSPS) is 11.9. The van der Waals surface area contributed by atoms with Crippen LogP contribution in [-0.2, 0) is 14.8 Å². The third kappa shape index (κ3) is 5.52. The summed E-state index contributed by atoms with van der Waals surface area (Å²) < 4.78 is 31.2. The molecular formula is C11H19N3O4S. The Kier molecular flexibility index (Phi) is 6.16. The maximum Gasteiger partial charge on any atom is 0.245 e. The number of pyridine rings is 1.